The van der Waals surface area contributed by atoms with Crippen LogP contribution in [-0.2, 0) is 10.5 Å². The van der Waals surface area contributed by atoms with Crippen LogP contribution in [0.5, 0.6) is 0 Å². The Labute approximate surface area is 88.5 Å². The second-order valence-electron chi connectivity index (χ2n) is 2.93. The molecule has 0 atom stereocenters. The molecule has 0 bridgehead atoms. The third kappa shape index (κ3) is 2.67. The summed E-state index contributed by atoms with van der Waals surface area (Å²) in [6.07, 6.45) is 5.64. The Morgan fingerprint density at radius 1 is 1.14 bits per heavy atom. The van der Waals surface area contributed by atoms with Crippen molar-refractivity contribution in [3.05, 3.63) is 65.8 Å². The first-order chi connectivity index (χ1) is 6.95. The van der Waals surface area contributed by atoms with E-state index in [2.05, 4.69) is 30.3 Å². The van der Waals surface area contributed by atoms with Gasteiger partial charge in [0.1, 0.15) is 0 Å². The van der Waals surface area contributed by atoms with E-state index in [0.717, 1.165) is 10.7 Å². The maximum Gasteiger partial charge on any atom is 0.170 e. The van der Waals surface area contributed by atoms with E-state index < -0.39 is 0 Å². The molecule has 14 heavy (non-hydrogen) atoms. The molecule has 0 spiro atoms. The third-order valence-electron chi connectivity index (χ3n) is 1.85. The van der Waals surface area contributed by atoms with Crippen LogP contribution >= 0.6 is 11.8 Å². The van der Waals surface area contributed by atoms with Crippen molar-refractivity contribution in [1.82, 2.24) is 0 Å². The first-order valence-corrected chi connectivity index (χ1v) is 5.46. The smallest absolute Gasteiger partial charge is 0.170 e. The topological polar surface area (TPSA) is 9.23 Å². The highest BCUT2D eigenvalue weighted by Crippen LogP contribution is 2.25. The van der Waals surface area contributed by atoms with Gasteiger partial charge in [0.05, 0.1) is 6.26 Å². The fraction of sp³-hybridized carbons (Fsp3) is 0.0833. The molecule has 1 aromatic rings. The van der Waals surface area contributed by atoms with E-state index in [4.69, 9.17) is 4.74 Å². The summed E-state index contributed by atoms with van der Waals surface area (Å²) in [5.74, 6) is 0.986. The lowest BCUT2D eigenvalue weighted by Crippen LogP contribution is -1.88. The summed E-state index contributed by atoms with van der Waals surface area (Å²) >= 11 is 1.78. The Hall–Kier alpha value is -1.15. The largest absolute Gasteiger partial charge is 0.488 e. The van der Waals surface area contributed by atoms with Crippen LogP contribution in [0.3, 0.4) is 0 Å². The zero-order valence-corrected chi connectivity index (χ0v) is 8.54. The summed E-state index contributed by atoms with van der Waals surface area (Å²) in [5, 5.41) is 0. The fourth-order valence-electron chi connectivity index (χ4n) is 1.15. The summed E-state index contributed by atoms with van der Waals surface area (Å²) in [6, 6.07) is 10.4. The molecule has 0 aromatic heterocycles. The predicted octanol–water partition coefficient (Wildman–Crippen LogP) is 3.51. The van der Waals surface area contributed by atoms with Gasteiger partial charge in [0.25, 0.3) is 0 Å². The average Bonchev–Trinajstić information content (AvgIpc) is 2.29. The monoisotopic (exact) mass is 203 g/mol. The van der Waals surface area contributed by atoms with Gasteiger partial charge in [-0.3, -0.25) is 0 Å². The maximum atomic E-state index is 5.08. The second kappa shape index (κ2) is 4.91. The first-order valence-electron chi connectivity index (χ1n) is 4.47. The minimum atomic E-state index is 0.986. The van der Waals surface area contributed by atoms with Crippen LogP contribution in [0.25, 0.3) is 0 Å². The van der Waals surface area contributed by atoms with Crippen LogP contribution in [0.15, 0.2) is 53.7 Å². The Kier molecular flexibility index (Phi) is 3.30. The van der Waals surface area contributed by atoms with Gasteiger partial charge in [-0.1, -0.05) is 30.3 Å². The number of rotatable bonds is 3. The molecule has 1 aliphatic rings. The second-order valence-corrected chi connectivity index (χ2v) is 3.97. The lowest BCUT2D eigenvalue weighted by atomic mass is 10.2. The Balaban J connectivity index is 1.88. The molecule has 0 N–H and O–H groups in total. The van der Waals surface area contributed by atoms with Gasteiger partial charge >= 0.3 is 0 Å². The number of ether oxygens (including phenoxy) is 1. The molecular weight excluding hydrogens is 192 g/mol. The summed E-state index contributed by atoms with van der Waals surface area (Å²) in [6.45, 7) is 1.77. The molecule has 0 saturated carbocycles. The highest BCUT2D eigenvalue weighted by atomic mass is 32.2. The molecule has 2 heteroatoms. The van der Waals surface area contributed by atoms with Crippen molar-refractivity contribution < 1.29 is 4.74 Å². The highest BCUT2D eigenvalue weighted by molar-refractivity contribution is 8.02. The molecular formula is C12H11OS. The van der Waals surface area contributed by atoms with Crippen LogP contribution in [0.4, 0.5) is 0 Å². The van der Waals surface area contributed by atoms with E-state index in [1.165, 1.54) is 5.56 Å². The van der Waals surface area contributed by atoms with Gasteiger partial charge < -0.3 is 4.74 Å². The number of allylic oxidation sites excluding steroid dienone is 2. The van der Waals surface area contributed by atoms with Crippen molar-refractivity contribution in [3.63, 3.8) is 0 Å². The number of hydrogen-bond donors (Lipinski definition) is 0. The van der Waals surface area contributed by atoms with E-state index in [0.29, 0.717) is 0 Å². The van der Waals surface area contributed by atoms with Crippen molar-refractivity contribution in [3.8, 4) is 0 Å². The summed E-state index contributed by atoms with van der Waals surface area (Å²) in [4.78, 5) is 1.16. The molecule has 0 unspecified atom stereocenters. The Morgan fingerprint density at radius 3 is 2.71 bits per heavy atom. The molecule has 2 rings (SSSR count). The standard InChI is InChI=1S/C12H11OS/c1-2-5-11(6-3-1)10-14-12-7-4-8-13-9-12/h1-9H,10H2. The van der Waals surface area contributed by atoms with Gasteiger partial charge in [0.15, 0.2) is 6.61 Å². The van der Waals surface area contributed by atoms with E-state index in [9.17, 15) is 0 Å². The lowest BCUT2D eigenvalue weighted by molar-refractivity contribution is 0.351. The van der Waals surface area contributed by atoms with Crippen LogP contribution in [0.2, 0.25) is 0 Å². The summed E-state index contributed by atoms with van der Waals surface area (Å²) in [7, 11) is 0. The summed E-state index contributed by atoms with van der Waals surface area (Å²) in [5.41, 5.74) is 1.33. The van der Waals surface area contributed by atoms with Gasteiger partial charge in [0.2, 0.25) is 0 Å². The quantitative estimate of drug-likeness (QED) is 0.743. The molecule has 0 fully saturated rings. The van der Waals surface area contributed by atoms with Crippen LogP contribution < -0.4 is 0 Å². The van der Waals surface area contributed by atoms with Crippen molar-refractivity contribution >= 4 is 11.8 Å². The van der Waals surface area contributed by atoms with Crippen LogP contribution in [0, 0.1) is 6.61 Å². The van der Waals surface area contributed by atoms with E-state index >= 15 is 0 Å². The molecule has 0 saturated heterocycles. The highest BCUT2D eigenvalue weighted by Gasteiger charge is 2.02. The average molecular weight is 203 g/mol. The summed E-state index contributed by atoms with van der Waals surface area (Å²) < 4.78 is 5.08. The van der Waals surface area contributed by atoms with Gasteiger partial charge in [-0.2, -0.15) is 0 Å². The number of thioether (sulfide) groups is 1. The fourth-order valence-corrected chi connectivity index (χ4v) is 1.97. The molecule has 1 nitrogen and oxygen atoms in total. The molecule has 1 aromatic carbocycles. The predicted molar refractivity (Wildman–Crippen MR) is 60.3 cm³/mol. The molecule has 1 radical (unpaired) electrons. The molecule has 0 aliphatic carbocycles. The van der Waals surface area contributed by atoms with Crippen molar-refractivity contribution in [2.45, 2.75) is 5.75 Å². The van der Waals surface area contributed by atoms with E-state index in [1.54, 1.807) is 24.6 Å². The van der Waals surface area contributed by atoms with Crippen LogP contribution in [0.1, 0.15) is 5.56 Å². The normalized spacial score (nSPS) is 14.7. The van der Waals surface area contributed by atoms with Gasteiger partial charge in [-0.05, 0) is 17.7 Å². The van der Waals surface area contributed by atoms with Gasteiger partial charge in [-0.25, -0.2) is 0 Å². The van der Waals surface area contributed by atoms with Crippen LogP contribution in [-0.4, -0.2) is 0 Å². The minimum Gasteiger partial charge on any atom is -0.488 e. The lowest BCUT2D eigenvalue weighted by Gasteiger charge is -2.08. The molecule has 1 heterocycles. The maximum absolute atomic E-state index is 5.08. The SMILES string of the molecule is [CH]1OC=CC=C1SCc1ccccc1. The first kappa shape index (κ1) is 9.41. The van der Waals surface area contributed by atoms with Gasteiger partial charge in [0, 0.05) is 10.7 Å². The van der Waals surface area contributed by atoms with Crippen molar-refractivity contribution in [2.24, 2.45) is 0 Å². The van der Waals surface area contributed by atoms with Crippen molar-refractivity contribution in [2.75, 3.05) is 0 Å². The zero-order chi connectivity index (χ0) is 9.64. The van der Waals surface area contributed by atoms with E-state index in [1.807, 2.05) is 12.1 Å². The minimum absolute atomic E-state index is 0.986. The number of hydrogen-bond acceptors (Lipinski definition) is 2. The zero-order valence-electron chi connectivity index (χ0n) is 7.72. The van der Waals surface area contributed by atoms with Crippen molar-refractivity contribution in [1.29, 1.82) is 0 Å². The molecule has 71 valence electrons. The van der Waals surface area contributed by atoms with Gasteiger partial charge in [-0.15, -0.1) is 11.8 Å². The van der Waals surface area contributed by atoms with E-state index in [-0.39, 0.29) is 0 Å². The third-order valence-corrected chi connectivity index (χ3v) is 2.89. The Morgan fingerprint density at radius 2 is 2.00 bits per heavy atom. The molecule has 1 aliphatic heterocycles. The molecule has 0 amide bonds. The Bertz CT molecular complexity index is 341. The number of benzene rings is 1.